The third kappa shape index (κ3) is 2.48. The molecule has 0 amide bonds. The standard InChI is InChI=1S/C15H12N2OS/c1-18-13-8-4-2-6-11(13)10-16-15-17-12-7-3-5-9-14(12)19-15/h2-10H,1H3/b16-10-. The number of benzene rings is 2. The number of ether oxygens (including phenoxy) is 1. The highest BCUT2D eigenvalue weighted by atomic mass is 32.1. The van der Waals surface area contributed by atoms with E-state index in [1.165, 1.54) is 0 Å². The number of hydrogen-bond acceptors (Lipinski definition) is 4. The van der Waals surface area contributed by atoms with Crippen LogP contribution in [0, 0.1) is 0 Å². The summed E-state index contributed by atoms with van der Waals surface area (Å²) < 4.78 is 6.43. The number of aliphatic imine (C=N–C) groups is 1. The zero-order valence-electron chi connectivity index (χ0n) is 10.4. The van der Waals surface area contributed by atoms with E-state index in [0.717, 1.165) is 26.7 Å². The van der Waals surface area contributed by atoms with Crippen molar-refractivity contribution in [2.45, 2.75) is 0 Å². The van der Waals surface area contributed by atoms with Gasteiger partial charge in [-0.25, -0.2) is 9.98 Å². The van der Waals surface area contributed by atoms with Crippen molar-refractivity contribution in [2.75, 3.05) is 7.11 Å². The van der Waals surface area contributed by atoms with E-state index in [-0.39, 0.29) is 0 Å². The van der Waals surface area contributed by atoms with E-state index >= 15 is 0 Å². The van der Waals surface area contributed by atoms with Gasteiger partial charge in [0.25, 0.3) is 0 Å². The highest BCUT2D eigenvalue weighted by molar-refractivity contribution is 7.22. The fourth-order valence-corrected chi connectivity index (χ4v) is 2.62. The van der Waals surface area contributed by atoms with Crippen LogP contribution in [-0.2, 0) is 0 Å². The van der Waals surface area contributed by atoms with Gasteiger partial charge in [0.2, 0.25) is 5.13 Å². The van der Waals surface area contributed by atoms with Gasteiger partial charge in [0.05, 0.1) is 17.3 Å². The minimum Gasteiger partial charge on any atom is -0.496 e. The molecule has 0 bridgehead atoms. The fraction of sp³-hybridized carbons (Fsp3) is 0.0667. The molecule has 3 nitrogen and oxygen atoms in total. The molecule has 0 unspecified atom stereocenters. The molecule has 94 valence electrons. The van der Waals surface area contributed by atoms with Gasteiger partial charge in [0, 0.05) is 11.8 Å². The van der Waals surface area contributed by atoms with Gasteiger partial charge in [-0.1, -0.05) is 35.6 Å². The number of aromatic nitrogens is 1. The van der Waals surface area contributed by atoms with Gasteiger partial charge in [-0.15, -0.1) is 0 Å². The number of thiazole rings is 1. The number of fused-ring (bicyclic) bond motifs is 1. The SMILES string of the molecule is COc1ccccc1/C=N\c1nc2ccccc2s1. The van der Waals surface area contributed by atoms with Crippen LogP contribution in [-0.4, -0.2) is 18.3 Å². The summed E-state index contributed by atoms with van der Waals surface area (Å²) in [5.41, 5.74) is 1.93. The minimum absolute atomic E-state index is 0.757. The summed E-state index contributed by atoms with van der Waals surface area (Å²) in [6, 6.07) is 15.8. The van der Waals surface area contributed by atoms with Crippen LogP contribution >= 0.6 is 11.3 Å². The molecule has 0 aliphatic carbocycles. The third-order valence-electron chi connectivity index (χ3n) is 2.74. The largest absolute Gasteiger partial charge is 0.496 e. The molecule has 0 fully saturated rings. The summed E-state index contributed by atoms with van der Waals surface area (Å²) in [6.45, 7) is 0. The Bertz CT molecular complexity index is 701. The summed E-state index contributed by atoms with van der Waals surface area (Å²) in [6.07, 6.45) is 1.79. The normalized spacial score (nSPS) is 11.2. The number of para-hydroxylation sites is 2. The molecule has 0 aliphatic rings. The zero-order valence-corrected chi connectivity index (χ0v) is 11.2. The van der Waals surface area contributed by atoms with Crippen molar-refractivity contribution in [1.82, 2.24) is 4.98 Å². The first kappa shape index (κ1) is 11.9. The number of hydrogen-bond donors (Lipinski definition) is 0. The van der Waals surface area contributed by atoms with Crippen LogP contribution in [0.3, 0.4) is 0 Å². The second-order valence-corrected chi connectivity index (χ2v) is 4.97. The topological polar surface area (TPSA) is 34.5 Å². The lowest BCUT2D eigenvalue weighted by atomic mass is 10.2. The van der Waals surface area contributed by atoms with Crippen LogP contribution < -0.4 is 4.74 Å². The van der Waals surface area contributed by atoms with Gasteiger partial charge in [-0.3, -0.25) is 0 Å². The first-order valence-corrected chi connectivity index (χ1v) is 6.71. The van der Waals surface area contributed by atoms with E-state index in [4.69, 9.17) is 4.74 Å². The van der Waals surface area contributed by atoms with Crippen molar-refractivity contribution >= 4 is 32.9 Å². The van der Waals surface area contributed by atoms with Gasteiger partial charge in [0.1, 0.15) is 5.75 Å². The molecule has 1 heterocycles. The lowest BCUT2D eigenvalue weighted by Gasteiger charge is -2.01. The molecule has 0 saturated carbocycles. The monoisotopic (exact) mass is 268 g/mol. The molecule has 0 spiro atoms. The van der Waals surface area contributed by atoms with Crippen LogP contribution in [0.4, 0.5) is 5.13 Å². The van der Waals surface area contributed by atoms with Crippen LogP contribution in [0.15, 0.2) is 53.5 Å². The molecule has 0 N–H and O–H groups in total. The molecule has 2 aromatic carbocycles. The summed E-state index contributed by atoms with van der Waals surface area (Å²) in [5, 5.41) is 0.757. The summed E-state index contributed by atoms with van der Waals surface area (Å²) in [7, 11) is 1.66. The third-order valence-corrected chi connectivity index (χ3v) is 3.68. The predicted octanol–water partition coefficient (Wildman–Crippen LogP) is 4.06. The fourth-order valence-electron chi connectivity index (χ4n) is 1.81. The number of nitrogens with zero attached hydrogens (tertiary/aromatic N) is 2. The van der Waals surface area contributed by atoms with Crippen molar-refractivity contribution in [2.24, 2.45) is 4.99 Å². The molecule has 3 rings (SSSR count). The first-order valence-electron chi connectivity index (χ1n) is 5.89. The Kier molecular flexibility index (Phi) is 3.25. The van der Waals surface area contributed by atoms with Gasteiger partial charge >= 0.3 is 0 Å². The summed E-state index contributed by atoms with van der Waals surface area (Å²) in [4.78, 5) is 8.89. The van der Waals surface area contributed by atoms with Crippen LogP contribution in [0.5, 0.6) is 5.75 Å². The average molecular weight is 268 g/mol. The van der Waals surface area contributed by atoms with E-state index in [1.807, 2.05) is 42.5 Å². The maximum atomic E-state index is 5.28. The molecular formula is C15H12N2OS. The Balaban J connectivity index is 1.93. The average Bonchev–Trinajstić information content (AvgIpc) is 2.88. The molecule has 0 saturated heterocycles. The van der Waals surface area contributed by atoms with E-state index in [1.54, 1.807) is 24.7 Å². The molecular weight excluding hydrogens is 256 g/mol. The van der Waals surface area contributed by atoms with Gasteiger partial charge in [-0.2, -0.15) is 0 Å². The second-order valence-electron chi connectivity index (χ2n) is 3.96. The quantitative estimate of drug-likeness (QED) is 0.671. The van der Waals surface area contributed by atoms with Gasteiger partial charge in [-0.05, 0) is 24.3 Å². The van der Waals surface area contributed by atoms with Crippen molar-refractivity contribution in [3.8, 4) is 5.75 Å². The summed E-state index contributed by atoms with van der Waals surface area (Å²) in [5.74, 6) is 0.812. The van der Waals surface area contributed by atoms with E-state index < -0.39 is 0 Å². The lowest BCUT2D eigenvalue weighted by molar-refractivity contribution is 0.414. The van der Waals surface area contributed by atoms with E-state index in [2.05, 4.69) is 16.0 Å². The van der Waals surface area contributed by atoms with Crippen LogP contribution in [0.2, 0.25) is 0 Å². The van der Waals surface area contributed by atoms with Crippen LogP contribution in [0.1, 0.15) is 5.56 Å². The van der Waals surface area contributed by atoms with Crippen molar-refractivity contribution in [3.05, 3.63) is 54.1 Å². The second kappa shape index (κ2) is 5.20. The first-order chi connectivity index (χ1) is 9.36. The van der Waals surface area contributed by atoms with E-state index in [0.29, 0.717) is 0 Å². The number of rotatable bonds is 3. The molecule has 19 heavy (non-hydrogen) atoms. The van der Waals surface area contributed by atoms with Crippen molar-refractivity contribution in [1.29, 1.82) is 0 Å². The highest BCUT2D eigenvalue weighted by Gasteiger charge is 2.02. The van der Waals surface area contributed by atoms with Crippen molar-refractivity contribution < 1.29 is 4.74 Å². The molecule has 0 atom stereocenters. The Hall–Kier alpha value is -2.20. The minimum atomic E-state index is 0.757. The summed E-state index contributed by atoms with van der Waals surface area (Å²) >= 11 is 1.58. The Morgan fingerprint density at radius 1 is 1.11 bits per heavy atom. The molecule has 0 radical (unpaired) electrons. The predicted molar refractivity (Wildman–Crippen MR) is 79.9 cm³/mol. The van der Waals surface area contributed by atoms with Crippen LogP contribution in [0.25, 0.3) is 10.2 Å². The molecule has 3 aromatic rings. The maximum absolute atomic E-state index is 5.28. The van der Waals surface area contributed by atoms with Crippen molar-refractivity contribution in [3.63, 3.8) is 0 Å². The number of methoxy groups -OCH3 is 1. The van der Waals surface area contributed by atoms with Gasteiger partial charge < -0.3 is 4.74 Å². The smallest absolute Gasteiger partial charge is 0.210 e. The van der Waals surface area contributed by atoms with E-state index in [9.17, 15) is 0 Å². The maximum Gasteiger partial charge on any atom is 0.210 e. The lowest BCUT2D eigenvalue weighted by Crippen LogP contribution is -1.89. The highest BCUT2D eigenvalue weighted by Crippen LogP contribution is 2.27. The van der Waals surface area contributed by atoms with Gasteiger partial charge in [0.15, 0.2) is 0 Å². The Labute approximate surface area is 115 Å². The molecule has 4 heteroatoms. The molecule has 0 aliphatic heterocycles. The Morgan fingerprint density at radius 3 is 2.74 bits per heavy atom. The molecule has 1 aromatic heterocycles. The zero-order chi connectivity index (χ0) is 13.1. The Morgan fingerprint density at radius 2 is 1.89 bits per heavy atom.